The Kier molecular flexibility index (Phi) is 13.4. The highest BCUT2D eigenvalue weighted by atomic mass is 16.4. The second kappa shape index (κ2) is 20.8. The van der Waals surface area contributed by atoms with Crippen molar-refractivity contribution in [1.29, 1.82) is 0 Å². The molecule has 3 aliphatic rings. The summed E-state index contributed by atoms with van der Waals surface area (Å²) in [6.07, 6.45) is 8.26. The van der Waals surface area contributed by atoms with E-state index in [4.69, 9.17) is 0 Å². The van der Waals surface area contributed by atoms with Crippen molar-refractivity contribution in [2.45, 2.75) is 17.8 Å². The van der Waals surface area contributed by atoms with Crippen LogP contribution in [-0.2, 0) is 14.4 Å². The molecular formula is C55H43N11O9. The van der Waals surface area contributed by atoms with Gasteiger partial charge in [0.05, 0.1) is 29.5 Å². The molecule has 0 fully saturated rings. The van der Waals surface area contributed by atoms with E-state index in [2.05, 4.69) is 25.5 Å². The van der Waals surface area contributed by atoms with Gasteiger partial charge in [-0.2, -0.15) is 10.2 Å². The Bertz CT molecular complexity index is 3230. The third-order valence-electron chi connectivity index (χ3n) is 12.8. The second-order valence-corrected chi connectivity index (χ2v) is 17.3. The summed E-state index contributed by atoms with van der Waals surface area (Å²) >= 11 is 0. The maximum absolute atomic E-state index is 12.9. The zero-order chi connectivity index (χ0) is 52.2. The van der Waals surface area contributed by atoms with Crippen molar-refractivity contribution in [3.8, 4) is 17.1 Å². The quantitative estimate of drug-likeness (QED) is 0.133. The zero-order valence-electron chi connectivity index (χ0n) is 39.5. The third kappa shape index (κ3) is 9.73. The molecule has 20 nitrogen and oxygen atoms in total. The van der Waals surface area contributed by atoms with E-state index < -0.39 is 35.7 Å². The van der Waals surface area contributed by atoms with Crippen LogP contribution in [0.25, 0.3) is 17.1 Å². The summed E-state index contributed by atoms with van der Waals surface area (Å²) < 4.78 is 4.71. The molecule has 12 rings (SSSR count). The number of pyridine rings is 1. The lowest BCUT2D eigenvalue weighted by atomic mass is 10.0. The average molecular weight is 1000 g/mol. The van der Waals surface area contributed by atoms with Gasteiger partial charge in [0.1, 0.15) is 17.8 Å². The Morgan fingerprint density at radius 1 is 0.413 bits per heavy atom. The molecular weight excluding hydrogens is 959 g/mol. The van der Waals surface area contributed by atoms with E-state index in [0.29, 0.717) is 33.8 Å². The number of anilines is 3. The number of aliphatic carboxylic acids is 3. The summed E-state index contributed by atoms with van der Waals surface area (Å²) in [4.78, 5) is 81.5. The minimum Gasteiger partial charge on any atom is -0.481 e. The lowest BCUT2D eigenvalue weighted by Crippen LogP contribution is -2.31. The molecule has 9 aromatic rings. The number of nitrogens with zero attached hydrogens (tertiary/aromatic N) is 11. The van der Waals surface area contributed by atoms with Crippen LogP contribution >= 0.6 is 0 Å². The van der Waals surface area contributed by atoms with E-state index >= 15 is 0 Å². The maximum Gasteiger partial charge on any atom is 0.312 e. The molecule has 3 unspecified atom stereocenters. The molecule has 5 aromatic carbocycles. The summed E-state index contributed by atoms with van der Waals surface area (Å²) in [5.74, 6) is -5.97. The highest BCUT2D eigenvalue weighted by molar-refractivity contribution is 6.09. The van der Waals surface area contributed by atoms with Gasteiger partial charge in [-0.1, -0.05) is 96.2 Å². The molecule has 3 N–H and O–H groups in total. The fourth-order valence-corrected chi connectivity index (χ4v) is 9.15. The summed E-state index contributed by atoms with van der Waals surface area (Å²) in [6, 6.07) is 46.9. The number of carboxylic acids is 3. The van der Waals surface area contributed by atoms with Crippen molar-refractivity contribution in [2.24, 2.45) is 0 Å². The number of para-hydroxylation sites is 5. The molecule has 75 heavy (non-hydrogen) atoms. The normalized spacial score (nSPS) is 15.8. The monoisotopic (exact) mass is 1000 g/mol. The molecule has 3 aliphatic heterocycles. The van der Waals surface area contributed by atoms with Crippen LogP contribution < -0.4 is 14.7 Å². The van der Waals surface area contributed by atoms with Crippen molar-refractivity contribution in [3.05, 3.63) is 222 Å². The fraction of sp³-hybridized carbons (Fsp3) is 0.109. The van der Waals surface area contributed by atoms with E-state index in [0.717, 1.165) is 17.1 Å². The Hall–Kier alpha value is -10.4. The zero-order valence-corrected chi connectivity index (χ0v) is 39.5. The molecule has 0 spiro atoms. The van der Waals surface area contributed by atoms with Crippen LogP contribution in [0.1, 0.15) is 65.9 Å². The van der Waals surface area contributed by atoms with E-state index in [1.807, 2.05) is 66.7 Å². The number of benzene rings is 5. The highest BCUT2D eigenvalue weighted by Crippen LogP contribution is 2.39. The van der Waals surface area contributed by atoms with Crippen LogP contribution in [0.5, 0.6) is 0 Å². The Labute approximate surface area is 426 Å². The predicted octanol–water partition coefficient (Wildman–Crippen LogP) is 6.89. The Balaban J connectivity index is 0.000000128. The van der Waals surface area contributed by atoms with Crippen LogP contribution in [0.4, 0.5) is 17.1 Å². The van der Waals surface area contributed by atoms with Crippen LogP contribution in [0.2, 0.25) is 0 Å². The van der Waals surface area contributed by atoms with Gasteiger partial charge >= 0.3 is 17.9 Å². The van der Waals surface area contributed by atoms with Crippen molar-refractivity contribution in [2.75, 3.05) is 34.3 Å². The predicted molar refractivity (Wildman–Crippen MR) is 272 cm³/mol. The van der Waals surface area contributed by atoms with Crippen molar-refractivity contribution >= 4 is 52.7 Å². The fourth-order valence-electron chi connectivity index (χ4n) is 9.15. The van der Waals surface area contributed by atoms with Crippen molar-refractivity contribution in [3.63, 3.8) is 0 Å². The van der Waals surface area contributed by atoms with Crippen molar-refractivity contribution < 1.29 is 44.1 Å². The van der Waals surface area contributed by atoms with E-state index in [-0.39, 0.29) is 54.4 Å². The van der Waals surface area contributed by atoms with Gasteiger partial charge in [-0.25, -0.2) is 14.0 Å². The molecule has 4 aromatic heterocycles. The molecule has 3 amide bonds. The summed E-state index contributed by atoms with van der Waals surface area (Å²) in [7, 11) is 0. The number of amides is 3. The number of hydrogen-bond acceptors (Lipinski definition) is 11. The van der Waals surface area contributed by atoms with Gasteiger partial charge in [0.2, 0.25) is 0 Å². The minimum absolute atomic E-state index is 0.0890. The lowest BCUT2D eigenvalue weighted by molar-refractivity contribution is -0.139. The first kappa shape index (κ1) is 48.3. The standard InChI is InChI=1S/C19H15N3O3.2C18H14N4O3/c23-18(16-10-11-22(20-16)13-6-2-1-3-7-13)21-12-15(19(24)25)14-8-4-5-9-17(14)21;23-17(15-7-9-22(20-15)12-4-3-8-19-10-12)21-11-14(18(24)25)13-5-1-2-6-16(13)21;23-17(15-11-22(20-19-15)12-6-2-1-3-7-12)21-10-14(18(24)25)13-8-4-5-9-16(13)21/h1-11,15H,12H2,(H,24,25);1-10,14H,11H2,(H,24,25);1-9,11,14H,10H2,(H,24,25). The molecule has 0 bridgehead atoms. The van der Waals surface area contributed by atoms with Gasteiger partial charge in [-0.15, -0.1) is 5.10 Å². The van der Waals surface area contributed by atoms with E-state index in [9.17, 15) is 44.1 Å². The number of hydrogen-bond donors (Lipinski definition) is 3. The van der Waals surface area contributed by atoms with E-state index in [1.165, 1.54) is 19.4 Å². The van der Waals surface area contributed by atoms with Gasteiger partial charge in [0.15, 0.2) is 17.1 Å². The topological polar surface area (TPSA) is 252 Å². The molecule has 0 aliphatic carbocycles. The van der Waals surface area contributed by atoms with Gasteiger partial charge in [0, 0.05) is 55.3 Å². The average Bonchev–Trinajstić information content (AvgIpc) is 4.33. The lowest BCUT2D eigenvalue weighted by Gasteiger charge is -2.16. The van der Waals surface area contributed by atoms with Gasteiger partial charge in [-0.3, -0.25) is 33.8 Å². The first-order chi connectivity index (χ1) is 36.4. The molecule has 372 valence electrons. The Morgan fingerprint density at radius 2 is 0.787 bits per heavy atom. The van der Waals surface area contributed by atoms with Gasteiger partial charge < -0.3 is 30.0 Å². The van der Waals surface area contributed by atoms with Gasteiger partial charge in [-0.05, 0) is 83.4 Å². The molecule has 3 atom stereocenters. The number of fused-ring (bicyclic) bond motifs is 3. The largest absolute Gasteiger partial charge is 0.481 e. The van der Waals surface area contributed by atoms with E-state index in [1.54, 1.807) is 131 Å². The summed E-state index contributed by atoms with van der Waals surface area (Å²) in [5.41, 5.74) is 6.90. The SMILES string of the molecule is O=C(O)C1CN(C(=O)c2ccn(-c3ccccc3)n2)c2ccccc21.O=C(O)C1CN(C(=O)c2ccn(-c3cccnc3)n2)c2ccccc21.O=C(O)C1CN(C(=O)c2cn(-c3ccccc3)nn2)c2ccccc21. The van der Waals surface area contributed by atoms with Gasteiger partial charge in [0.25, 0.3) is 17.7 Å². The number of carboxylic acid groups (broad SMARTS) is 3. The summed E-state index contributed by atoms with van der Waals surface area (Å²) in [5, 5.41) is 44.9. The molecule has 20 heteroatoms. The Morgan fingerprint density at radius 3 is 1.20 bits per heavy atom. The molecule has 7 heterocycles. The van der Waals surface area contributed by atoms with Crippen LogP contribution in [0.15, 0.2) is 189 Å². The number of carbonyl (C=O) groups is 6. The number of rotatable bonds is 9. The van der Waals surface area contributed by atoms with Crippen molar-refractivity contribution in [1.82, 2.24) is 39.5 Å². The summed E-state index contributed by atoms with van der Waals surface area (Å²) in [6.45, 7) is 0.310. The van der Waals surface area contributed by atoms with Crippen LogP contribution in [0, 0.1) is 0 Å². The third-order valence-corrected chi connectivity index (χ3v) is 12.8. The molecule has 0 saturated heterocycles. The van der Waals surface area contributed by atoms with Crippen LogP contribution in [-0.4, -0.2) is 110 Å². The molecule has 0 saturated carbocycles. The first-order valence-corrected chi connectivity index (χ1v) is 23.4. The minimum atomic E-state index is -0.948. The highest BCUT2D eigenvalue weighted by Gasteiger charge is 2.40. The number of carbonyl (C=O) groups excluding carboxylic acids is 3. The smallest absolute Gasteiger partial charge is 0.312 e. The second-order valence-electron chi connectivity index (χ2n) is 17.3. The number of aromatic nitrogens is 8. The first-order valence-electron chi connectivity index (χ1n) is 23.4. The molecule has 0 radical (unpaired) electrons. The maximum atomic E-state index is 12.9. The van der Waals surface area contributed by atoms with Crippen LogP contribution in [0.3, 0.4) is 0 Å².